The lowest BCUT2D eigenvalue weighted by molar-refractivity contribution is 0.856. The minimum absolute atomic E-state index is 0.999. The molecule has 0 N–H and O–H groups in total. The van der Waals surface area contributed by atoms with Crippen LogP contribution >= 0.6 is 0 Å². The third-order valence-corrected chi connectivity index (χ3v) is 1.70. The molecule has 0 aliphatic rings. The van der Waals surface area contributed by atoms with Gasteiger partial charge in [0.05, 0.1) is 0 Å². The SMILES string of the molecule is CC#CCCCc1[c]cccc1. The standard InChI is InChI=1S/C12H13/c1-2-3-4-6-9-12-10-7-5-8-11-12/h5,7-8,10H,4,6,9H2,1H3. The van der Waals surface area contributed by atoms with Crippen LogP contribution in [0.25, 0.3) is 0 Å². The van der Waals surface area contributed by atoms with Crippen molar-refractivity contribution in [1.82, 2.24) is 0 Å². The number of benzene rings is 1. The number of aryl methyl sites for hydroxylation is 1. The van der Waals surface area contributed by atoms with Crippen molar-refractivity contribution in [1.29, 1.82) is 0 Å². The van der Waals surface area contributed by atoms with Gasteiger partial charge in [-0.05, 0) is 31.4 Å². The molecule has 0 fully saturated rings. The van der Waals surface area contributed by atoms with Gasteiger partial charge in [0.1, 0.15) is 0 Å². The van der Waals surface area contributed by atoms with Crippen molar-refractivity contribution >= 4 is 0 Å². The Morgan fingerprint density at radius 2 is 2.33 bits per heavy atom. The van der Waals surface area contributed by atoms with Crippen molar-refractivity contribution in [3.63, 3.8) is 0 Å². The zero-order valence-electron chi connectivity index (χ0n) is 7.43. The minimum atomic E-state index is 0.999. The van der Waals surface area contributed by atoms with E-state index in [0.29, 0.717) is 0 Å². The molecule has 0 heteroatoms. The molecule has 12 heavy (non-hydrogen) atoms. The maximum Gasteiger partial charge on any atom is 0.00917 e. The summed E-state index contributed by atoms with van der Waals surface area (Å²) in [4.78, 5) is 0. The summed E-state index contributed by atoms with van der Waals surface area (Å²) in [7, 11) is 0. The summed E-state index contributed by atoms with van der Waals surface area (Å²) < 4.78 is 0. The molecule has 0 unspecified atom stereocenters. The van der Waals surface area contributed by atoms with Crippen LogP contribution in [0.1, 0.15) is 25.3 Å². The largest absolute Gasteiger partial charge is 0.107 e. The van der Waals surface area contributed by atoms with Gasteiger partial charge in [0.15, 0.2) is 0 Å². The highest BCUT2D eigenvalue weighted by atomic mass is 13.9. The smallest absolute Gasteiger partial charge is 0.00917 e. The molecular formula is C12H13. The highest BCUT2D eigenvalue weighted by Gasteiger charge is 1.89. The first-order valence-electron chi connectivity index (χ1n) is 4.28. The number of unbranched alkanes of at least 4 members (excludes halogenated alkanes) is 1. The highest BCUT2D eigenvalue weighted by molar-refractivity contribution is 5.13. The average molecular weight is 157 g/mol. The molecule has 61 valence electrons. The van der Waals surface area contributed by atoms with E-state index < -0.39 is 0 Å². The van der Waals surface area contributed by atoms with Crippen LogP contribution in [0.3, 0.4) is 0 Å². The molecule has 0 nitrogen and oxygen atoms in total. The molecule has 0 spiro atoms. The Balaban J connectivity index is 2.27. The second-order valence-corrected chi connectivity index (χ2v) is 2.67. The van der Waals surface area contributed by atoms with E-state index in [0.717, 1.165) is 19.3 Å². The second-order valence-electron chi connectivity index (χ2n) is 2.67. The first kappa shape index (κ1) is 8.87. The topological polar surface area (TPSA) is 0 Å². The molecule has 0 amide bonds. The van der Waals surface area contributed by atoms with Crippen LogP contribution in [0.5, 0.6) is 0 Å². The van der Waals surface area contributed by atoms with E-state index in [1.165, 1.54) is 5.56 Å². The Morgan fingerprint density at radius 1 is 1.42 bits per heavy atom. The predicted octanol–water partition coefficient (Wildman–Crippen LogP) is 2.83. The van der Waals surface area contributed by atoms with Crippen molar-refractivity contribution in [2.75, 3.05) is 0 Å². The molecule has 0 saturated carbocycles. The van der Waals surface area contributed by atoms with Crippen LogP contribution in [0.2, 0.25) is 0 Å². The first-order valence-corrected chi connectivity index (χ1v) is 4.28. The van der Waals surface area contributed by atoms with E-state index in [2.05, 4.69) is 30.0 Å². The maximum absolute atomic E-state index is 3.20. The van der Waals surface area contributed by atoms with Crippen molar-refractivity contribution in [2.24, 2.45) is 0 Å². The zero-order chi connectivity index (χ0) is 8.65. The van der Waals surface area contributed by atoms with Crippen LogP contribution in [0, 0.1) is 17.9 Å². The summed E-state index contributed by atoms with van der Waals surface area (Å²) in [6.07, 6.45) is 3.23. The Bertz CT molecular complexity index is 261. The monoisotopic (exact) mass is 157 g/mol. The van der Waals surface area contributed by atoms with Gasteiger partial charge in [-0.1, -0.05) is 24.3 Å². The summed E-state index contributed by atoms with van der Waals surface area (Å²) in [5, 5.41) is 0. The van der Waals surface area contributed by atoms with Crippen LogP contribution in [0.4, 0.5) is 0 Å². The van der Waals surface area contributed by atoms with Crippen molar-refractivity contribution in [2.45, 2.75) is 26.2 Å². The lowest BCUT2D eigenvalue weighted by atomic mass is 10.1. The molecule has 1 radical (unpaired) electrons. The van der Waals surface area contributed by atoms with Gasteiger partial charge in [0.2, 0.25) is 0 Å². The molecular weight excluding hydrogens is 144 g/mol. The Hall–Kier alpha value is -1.22. The molecule has 0 bridgehead atoms. The fraction of sp³-hybridized carbons (Fsp3) is 0.333. The lowest BCUT2D eigenvalue weighted by Gasteiger charge is -1.95. The zero-order valence-corrected chi connectivity index (χ0v) is 7.43. The van der Waals surface area contributed by atoms with Gasteiger partial charge in [0.25, 0.3) is 0 Å². The Labute approximate surface area is 74.6 Å². The summed E-state index contributed by atoms with van der Waals surface area (Å²) in [6.45, 7) is 1.88. The molecule has 0 heterocycles. The molecule has 0 aromatic heterocycles. The van der Waals surface area contributed by atoms with E-state index >= 15 is 0 Å². The minimum Gasteiger partial charge on any atom is -0.107 e. The summed E-state index contributed by atoms with van der Waals surface area (Å²) in [5.41, 5.74) is 1.29. The predicted molar refractivity (Wildman–Crippen MR) is 51.7 cm³/mol. The van der Waals surface area contributed by atoms with Crippen LogP contribution in [-0.2, 0) is 6.42 Å². The molecule has 0 aliphatic carbocycles. The average Bonchev–Trinajstić information content (AvgIpc) is 2.14. The summed E-state index contributed by atoms with van der Waals surface area (Å²) in [6, 6.07) is 11.3. The number of rotatable bonds is 3. The van der Waals surface area contributed by atoms with Gasteiger partial charge in [0, 0.05) is 6.42 Å². The van der Waals surface area contributed by atoms with E-state index in [1.807, 2.05) is 19.1 Å². The maximum atomic E-state index is 3.20. The normalized spacial score (nSPS) is 8.75. The van der Waals surface area contributed by atoms with E-state index in [1.54, 1.807) is 0 Å². The fourth-order valence-electron chi connectivity index (χ4n) is 1.08. The molecule has 1 rings (SSSR count). The third-order valence-electron chi connectivity index (χ3n) is 1.70. The lowest BCUT2D eigenvalue weighted by Crippen LogP contribution is -1.83. The molecule has 1 aromatic rings. The molecule has 0 aliphatic heterocycles. The van der Waals surface area contributed by atoms with E-state index in [9.17, 15) is 0 Å². The van der Waals surface area contributed by atoms with Gasteiger partial charge in [-0.15, -0.1) is 11.8 Å². The number of hydrogen-bond donors (Lipinski definition) is 0. The summed E-state index contributed by atoms with van der Waals surface area (Å²) in [5.74, 6) is 5.95. The summed E-state index contributed by atoms with van der Waals surface area (Å²) >= 11 is 0. The van der Waals surface area contributed by atoms with Gasteiger partial charge in [-0.3, -0.25) is 0 Å². The molecule has 0 atom stereocenters. The third kappa shape index (κ3) is 3.25. The quantitative estimate of drug-likeness (QED) is 0.467. The van der Waals surface area contributed by atoms with Crippen molar-refractivity contribution < 1.29 is 0 Å². The molecule has 0 saturated heterocycles. The van der Waals surface area contributed by atoms with E-state index in [4.69, 9.17) is 0 Å². The van der Waals surface area contributed by atoms with Crippen LogP contribution in [0.15, 0.2) is 24.3 Å². The highest BCUT2D eigenvalue weighted by Crippen LogP contribution is 2.02. The van der Waals surface area contributed by atoms with Crippen molar-refractivity contribution in [3.8, 4) is 11.8 Å². The Kier molecular flexibility index (Phi) is 4.02. The Morgan fingerprint density at radius 3 is 3.00 bits per heavy atom. The van der Waals surface area contributed by atoms with Crippen LogP contribution in [-0.4, -0.2) is 0 Å². The van der Waals surface area contributed by atoms with Crippen LogP contribution < -0.4 is 0 Å². The van der Waals surface area contributed by atoms with Gasteiger partial charge < -0.3 is 0 Å². The fourth-order valence-corrected chi connectivity index (χ4v) is 1.08. The number of hydrogen-bond acceptors (Lipinski definition) is 0. The van der Waals surface area contributed by atoms with Gasteiger partial charge >= 0.3 is 0 Å². The van der Waals surface area contributed by atoms with E-state index in [-0.39, 0.29) is 0 Å². The van der Waals surface area contributed by atoms with Crippen molar-refractivity contribution in [3.05, 3.63) is 35.9 Å². The second kappa shape index (κ2) is 5.43. The first-order chi connectivity index (χ1) is 5.93. The molecule has 1 aromatic carbocycles. The van der Waals surface area contributed by atoms with Gasteiger partial charge in [-0.2, -0.15) is 0 Å². The van der Waals surface area contributed by atoms with Gasteiger partial charge in [-0.25, -0.2) is 0 Å².